The van der Waals surface area contributed by atoms with Crippen LogP contribution in [0.4, 0.5) is 0 Å². The van der Waals surface area contributed by atoms with Crippen LogP contribution in [0.3, 0.4) is 0 Å². The van der Waals surface area contributed by atoms with Crippen molar-refractivity contribution in [2.24, 2.45) is 0 Å². The fourth-order valence-electron chi connectivity index (χ4n) is 3.27. The molecule has 1 saturated heterocycles. The van der Waals surface area contributed by atoms with Crippen molar-refractivity contribution < 1.29 is 14.3 Å². The molecule has 0 unspecified atom stereocenters. The summed E-state index contributed by atoms with van der Waals surface area (Å²) in [7, 11) is 1.69. The number of likely N-dealkylation sites (N-methyl/N-ethyl adjacent to an activating group) is 1. The maximum Gasteiger partial charge on any atom is 0.265 e. The molecule has 1 amide bonds. The van der Waals surface area contributed by atoms with Crippen LogP contribution >= 0.6 is 24.0 Å². The molecule has 1 aliphatic heterocycles. The topological polar surface area (TPSA) is 38.8 Å². The lowest BCUT2D eigenvalue weighted by molar-refractivity contribution is -0.121. The number of thioether (sulfide) groups is 1. The molecule has 0 radical (unpaired) electrons. The highest BCUT2D eigenvalue weighted by molar-refractivity contribution is 8.26. The number of nitrogens with zero attached hydrogens (tertiary/aromatic N) is 1. The second-order valence-corrected chi connectivity index (χ2v) is 8.48. The third-order valence-electron chi connectivity index (χ3n) is 4.82. The maximum atomic E-state index is 12.3. The van der Waals surface area contributed by atoms with E-state index in [2.05, 4.69) is 24.3 Å². The van der Waals surface area contributed by atoms with Crippen LogP contribution in [0.15, 0.2) is 65.6 Å². The predicted molar refractivity (Wildman–Crippen MR) is 127 cm³/mol. The van der Waals surface area contributed by atoms with E-state index in [1.54, 1.807) is 7.05 Å². The van der Waals surface area contributed by atoms with Crippen LogP contribution in [-0.4, -0.2) is 28.8 Å². The minimum atomic E-state index is -0.0840. The van der Waals surface area contributed by atoms with Gasteiger partial charge in [-0.25, -0.2) is 0 Å². The molecule has 0 N–H and O–H groups in total. The number of hydrogen-bond donors (Lipinski definition) is 0. The Hall–Kier alpha value is -2.83. The van der Waals surface area contributed by atoms with E-state index in [4.69, 9.17) is 21.7 Å². The standard InChI is InChI=1S/C24H21NO3S2/c1-3-27-21-13-16(14-22-23(26)25(2)24(29)30-22)11-12-20(21)28-15-18-9-6-8-17-7-4-5-10-19(17)18/h4-14H,3,15H2,1-2H3/b22-14+. The second kappa shape index (κ2) is 8.90. The van der Waals surface area contributed by atoms with Gasteiger partial charge in [-0.1, -0.05) is 72.5 Å². The summed E-state index contributed by atoms with van der Waals surface area (Å²) in [6.45, 7) is 2.89. The van der Waals surface area contributed by atoms with Gasteiger partial charge >= 0.3 is 0 Å². The van der Waals surface area contributed by atoms with E-state index in [1.807, 2.05) is 49.4 Å². The van der Waals surface area contributed by atoms with Gasteiger partial charge in [-0.2, -0.15) is 0 Å². The number of benzene rings is 3. The minimum Gasteiger partial charge on any atom is -0.490 e. The third kappa shape index (κ3) is 4.20. The highest BCUT2D eigenvalue weighted by Crippen LogP contribution is 2.34. The monoisotopic (exact) mass is 435 g/mol. The van der Waals surface area contributed by atoms with Gasteiger partial charge in [0.05, 0.1) is 11.5 Å². The zero-order valence-electron chi connectivity index (χ0n) is 16.8. The van der Waals surface area contributed by atoms with Gasteiger partial charge in [0.25, 0.3) is 5.91 Å². The summed E-state index contributed by atoms with van der Waals surface area (Å²) < 4.78 is 12.5. The lowest BCUT2D eigenvalue weighted by Gasteiger charge is -2.14. The van der Waals surface area contributed by atoms with Crippen LogP contribution in [0, 0.1) is 0 Å². The highest BCUT2D eigenvalue weighted by Gasteiger charge is 2.28. The first-order valence-electron chi connectivity index (χ1n) is 9.64. The van der Waals surface area contributed by atoms with Crippen LogP contribution in [-0.2, 0) is 11.4 Å². The van der Waals surface area contributed by atoms with Gasteiger partial charge in [0.1, 0.15) is 10.9 Å². The molecule has 0 saturated carbocycles. The average Bonchev–Trinajstić information content (AvgIpc) is 3.00. The van der Waals surface area contributed by atoms with Gasteiger partial charge < -0.3 is 9.47 Å². The number of ether oxygens (including phenoxy) is 2. The Morgan fingerprint density at radius 2 is 1.83 bits per heavy atom. The fraction of sp³-hybridized carbons (Fsp3) is 0.167. The Morgan fingerprint density at radius 1 is 1.03 bits per heavy atom. The first kappa shape index (κ1) is 20.4. The number of carbonyl (C=O) groups is 1. The van der Waals surface area contributed by atoms with Crippen LogP contribution in [0.1, 0.15) is 18.1 Å². The summed E-state index contributed by atoms with van der Waals surface area (Å²) in [5.41, 5.74) is 1.98. The van der Waals surface area contributed by atoms with Crippen LogP contribution in [0.5, 0.6) is 11.5 Å². The molecule has 0 atom stereocenters. The summed E-state index contributed by atoms with van der Waals surface area (Å²) in [5, 5.41) is 2.36. The number of hydrogen-bond acceptors (Lipinski definition) is 5. The summed E-state index contributed by atoms with van der Waals surface area (Å²) in [6, 6.07) is 20.2. The Kier molecular flexibility index (Phi) is 6.06. The molecule has 0 spiro atoms. The number of amides is 1. The smallest absolute Gasteiger partial charge is 0.265 e. The first-order valence-corrected chi connectivity index (χ1v) is 10.9. The molecular weight excluding hydrogens is 414 g/mol. The normalized spacial score (nSPS) is 15.3. The van der Waals surface area contributed by atoms with Gasteiger partial charge in [0, 0.05) is 7.05 Å². The van der Waals surface area contributed by atoms with Gasteiger partial charge in [-0.05, 0) is 47.0 Å². The molecule has 4 nitrogen and oxygen atoms in total. The van der Waals surface area contributed by atoms with Crippen molar-refractivity contribution in [3.05, 3.63) is 76.7 Å². The molecule has 1 fully saturated rings. The van der Waals surface area contributed by atoms with Crippen molar-refractivity contribution in [1.29, 1.82) is 0 Å². The summed E-state index contributed by atoms with van der Waals surface area (Å²) >= 11 is 6.50. The fourth-order valence-corrected chi connectivity index (χ4v) is 4.45. The Balaban J connectivity index is 1.58. The SMILES string of the molecule is CCOc1cc(/C=C2/SC(=S)N(C)C2=O)ccc1OCc1cccc2ccccc12. The van der Waals surface area contributed by atoms with Crippen molar-refractivity contribution in [1.82, 2.24) is 4.90 Å². The number of thiocarbonyl (C=S) groups is 1. The predicted octanol–water partition coefficient (Wildman–Crippen LogP) is 5.65. The number of carbonyl (C=O) groups excluding carboxylic acids is 1. The molecule has 1 heterocycles. The van der Waals surface area contributed by atoms with Crippen molar-refractivity contribution in [3.63, 3.8) is 0 Å². The van der Waals surface area contributed by atoms with E-state index in [0.29, 0.717) is 33.9 Å². The number of rotatable bonds is 6. The second-order valence-electron chi connectivity index (χ2n) is 6.81. The lowest BCUT2D eigenvalue weighted by atomic mass is 10.1. The molecule has 1 aliphatic rings. The van der Waals surface area contributed by atoms with E-state index in [0.717, 1.165) is 11.1 Å². The average molecular weight is 436 g/mol. The number of fused-ring (bicyclic) bond motifs is 1. The molecule has 0 bridgehead atoms. The quantitative estimate of drug-likeness (QED) is 0.370. The van der Waals surface area contributed by atoms with Gasteiger partial charge in [-0.3, -0.25) is 9.69 Å². The van der Waals surface area contributed by atoms with Crippen molar-refractivity contribution in [2.45, 2.75) is 13.5 Å². The highest BCUT2D eigenvalue weighted by atomic mass is 32.2. The first-order chi connectivity index (χ1) is 14.6. The summed E-state index contributed by atoms with van der Waals surface area (Å²) in [6.07, 6.45) is 1.83. The van der Waals surface area contributed by atoms with Crippen LogP contribution < -0.4 is 9.47 Å². The van der Waals surface area contributed by atoms with E-state index in [9.17, 15) is 4.79 Å². The van der Waals surface area contributed by atoms with E-state index in [-0.39, 0.29) is 5.91 Å². The molecule has 3 aromatic rings. The molecule has 30 heavy (non-hydrogen) atoms. The van der Waals surface area contributed by atoms with Gasteiger partial charge in [0.2, 0.25) is 0 Å². The lowest BCUT2D eigenvalue weighted by Crippen LogP contribution is -2.22. The van der Waals surface area contributed by atoms with Crippen LogP contribution in [0.2, 0.25) is 0 Å². The molecule has 152 valence electrons. The zero-order valence-corrected chi connectivity index (χ0v) is 18.4. The van der Waals surface area contributed by atoms with E-state index in [1.165, 1.54) is 27.4 Å². The minimum absolute atomic E-state index is 0.0840. The molecule has 4 rings (SSSR count). The molecule has 3 aromatic carbocycles. The Labute approximate surface area is 185 Å². The summed E-state index contributed by atoms with van der Waals surface area (Å²) in [4.78, 5) is 14.3. The molecule has 0 aliphatic carbocycles. The Bertz CT molecular complexity index is 1150. The molecule has 6 heteroatoms. The largest absolute Gasteiger partial charge is 0.490 e. The van der Waals surface area contributed by atoms with Gasteiger partial charge in [-0.15, -0.1) is 0 Å². The van der Waals surface area contributed by atoms with E-state index >= 15 is 0 Å². The van der Waals surface area contributed by atoms with Crippen molar-refractivity contribution >= 4 is 51.1 Å². The van der Waals surface area contributed by atoms with Crippen molar-refractivity contribution in [3.8, 4) is 11.5 Å². The molecule has 0 aromatic heterocycles. The molecular formula is C24H21NO3S2. The third-order valence-corrected chi connectivity index (χ3v) is 6.30. The summed E-state index contributed by atoms with van der Waals surface area (Å²) in [5.74, 6) is 1.24. The zero-order chi connectivity index (χ0) is 21.1. The Morgan fingerprint density at radius 3 is 2.60 bits per heavy atom. The van der Waals surface area contributed by atoms with E-state index < -0.39 is 0 Å². The van der Waals surface area contributed by atoms with Crippen LogP contribution in [0.25, 0.3) is 16.8 Å². The van der Waals surface area contributed by atoms with Gasteiger partial charge in [0.15, 0.2) is 11.5 Å². The van der Waals surface area contributed by atoms with Crippen molar-refractivity contribution in [2.75, 3.05) is 13.7 Å². The maximum absolute atomic E-state index is 12.3.